The van der Waals surface area contributed by atoms with E-state index in [1.807, 2.05) is 29.2 Å². The maximum Gasteiger partial charge on any atom is 0.338 e. The van der Waals surface area contributed by atoms with Crippen LogP contribution in [-0.2, 0) is 4.74 Å². The number of ether oxygens (including phenoxy) is 1. The van der Waals surface area contributed by atoms with E-state index in [1.54, 1.807) is 31.2 Å². The summed E-state index contributed by atoms with van der Waals surface area (Å²) in [5.74, 6) is -0.365. The lowest BCUT2D eigenvalue weighted by Crippen LogP contribution is -2.38. The molecule has 1 saturated heterocycles. The summed E-state index contributed by atoms with van der Waals surface area (Å²) >= 11 is 6.02. The fourth-order valence-corrected chi connectivity index (χ4v) is 3.61. The second-order valence-electron chi connectivity index (χ2n) is 6.84. The lowest BCUT2D eigenvalue weighted by molar-refractivity contribution is 0.0526. The molecule has 28 heavy (non-hydrogen) atoms. The maximum absolute atomic E-state index is 13.0. The van der Waals surface area contributed by atoms with Crippen molar-refractivity contribution in [3.63, 3.8) is 0 Å². The molecule has 0 saturated carbocycles. The average Bonchev–Trinajstić information content (AvgIpc) is 2.95. The number of rotatable bonds is 4. The van der Waals surface area contributed by atoms with E-state index in [9.17, 15) is 9.59 Å². The molecule has 1 atom stereocenters. The van der Waals surface area contributed by atoms with Gasteiger partial charge >= 0.3 is 12.0 Å². The Labute approximate surface area is 170 Å². The molecular weight excluding hydrogens is 376 g/mol. The van der Waals surface area contributed by atoms with Crippen LogP contribution in [-0.4, -0.2) is 30.1 Å². The van der Waals surface area contributed by atoms with Crippen LogP contribution >= 0.6 is 11.6 Å². The molecule has 148 valence electrons. The molecule has 1 fully saturated rings. The molecule has 0 aliphatic carbocycles. The predicted molar refractivity (Wildman–Crippen MR) is 111 cm³/mol. The second-order valence-corrected chi connectivity index (χ2v) is 7.27. The van der Waals surface area contributed by atoms with Gasteiger partial charge in [-0.05, 0) is 61.7 Å². The van der Waals surface area contributed by atoms with Crippen molar-refractivity contribution in [2.45, 2.75) is 38.6 Å². The van der Waals surface area contributed by atoms with Crippen LogP contribution in [0.25, 0.3) is 0 Å². The van der Waals surface area contributed by atoms with Gasteiger partial charge in [-0.2, -0.15) is 0 Å². The molecule has 1 heterocycles. The number of amides is 2. The van der Waals surface area contributed by atoms with Crippen LogP contribution in [0.2, 0.25) is 5.02 Å². The van der Waals surface area contributed by atoms with E-state index in [2.05, 4.69) is 5.32 Å². The number of nitrogens with one attached hydrogen (secondary N) is 1. The Morgan fingerprint density at radius 2 is 1.79 bits per heavy atom. The first-order valence-corrected chi connectivity index (χ1v) is 10.1. The first-order chi connectivity index (χ1) is 13.6. The number of benzene rings is 2. The van der Waals surface area contributed by atoms with Crippen LogP contribution < -0.4 is 5.32 Å². The molecule has 0 spiro atoms. The zero-order chi connectivity index (χ0) is 19.9. The average molecular weight is 401 g/mol. The van der Waals surface area contributed by atoms with Crippen LogP contribution in [0.15, 0.2) is 48.5 Å². The number of hydrogen-bond acceptors (Lipinski definition) is 3. The van der Waals surface area contributed by atoms with Gasteiger partial charge in [0.15, 0.2) is 0 Å². The molecule has 2 amide bonds. The Morgan fingerprint density at radius 3 is 2.46 bits per heavy atom. The van der Waals surface area contributed by atoms with Gasteiger partial charge < -0.3 is 15.0 Å². The molecule has 5 nitrogen and oxygen atoms in total. The van der Waals surface area contributed by atoms with E-state index in [1.165, 1.54) is 0 Å². The van der Waals surface area contributed by atoms with Gasteiger partial charge in [0.05, 0.1) is 18.2 Å². The van der Waals surface area contributed by atoms with Crippen LogP contribution in [0.5, 0.6) is 0 Å². The standard InChI is InChI=1S/C22H25ClN2O3/c1-2-28-21(26)17-9-13-19(14-10-17)24-22(27)25-15-5-3-4-6-20(25)16-7-11-18(23)12-8-16/h7-14,20H,2-6,15H2,1H3,(H,24,27). The van der Waals surface area contributed by atoms with E-state index < -0.39 is 0 Å². The minimum Gasteiger partial charge on any atom is -0.462 e. The second kappa shape index (κ2) is 9.60. The first-order valence-electron chi connectivity index (χ1n) is 9.68. The number of nitrogens with zero attached hydrogens (tertiary/aromatic N) is 1. The minimum atomic E-state index is -0.365. The minimum absolute atomic E-state index is 0.0265. The Hall–Kier alpha value is -2.53. The summed E-state index contributed by atoms with van der Waals surface area (Å²) in [6, 6.07) is 14.4. The Balaban J connectivity index is 1.73. The van der Waals surface area contributed by atoms with Crippen molar-refractivity contribution in [2.75, 3.05) is 18.5 Å². The highest BCUT2D eigenvalue weighted by Crippen LogP contribution is 2.31. The Bertz CT molecular complexity index is 806. The van der Waals surface area contributed by atoms with E-state index in [0.29, 0.717) is 29.4 Å². The number of carbonyl (C=O) groups excluding carboxylic acids is 2. The molecule has 1 aliphatic heterocycles. The van der Waals surface area contributed by atoms with Crippen molar-refractivity contribution in [1.29, 1.82) is 0 Å². The van der Waals surface area contributed by atoms with Crippen molar-refractivity contribution in [2.24, 2.45) is 0 Å². The Morgan fingerprint density at radius 1 is 1.07 bits per heavy atom. The van der Waals surface area contributed by atoms with Crippen LogP contribution in [0.1, 0.15) is 54.6 Å². The smallest absolute Gasteiger partial charge is 0.338 e. The van der Waals surface area contributed by atoms with Crippen LogP contribution in [0.4, 0.5) is 10.5 Å². The predicted octanol–water partition coefficient (Wildman–Crippen LogP) is 5.67. The number of esters is 1. The summed E-state index contributed by atoms with van der Waals surface area (Å²) in [6.45, 7) is 2.81. The van der Waals surface area contributed by atoms with E-state index in [-0.39, 0.29) is 18.0 Å². The zero-order valence-electron chi connectivity index (χ0n) is 16.0. The normalized spacial score (nSPS) is 16.9. The van der Waals surface area contributed by atoms with Gasteiger partial charge in [-0.25, -0.2) is 9.59 Å². The third kappa shape index (κ3) is 5.04. The highest BCUT2D eigenvalue weighted by molar-refractivity contribution is 6.30. The summed E-state index contributed by atoms with van der Waals surface area (Å²) in [4.78, 5) is 26.6. The van der Waals surface area contributed by atoms with Crippen molar-refractivity contribution >= 4 is 29.3 Å². The molecule has 6 heteroatoms. The topological polar surface area (TPSA) is 58.6 Å². The summed E-state index contributed by atoms with van der Waals surface area (Å²) < 4.78 is 4.99. The van der Waals surface area contributed by atoms with Gasteiger partial charge in [0.25, 0.3) is 0 Å². The molecule has 2 aromatic rings. The number of urea groups is 1. The van der Waals surface area contributed by atoms with Gasteiger partial charge in [-0.15, -0.1) is 0 Å². The summed E-state index contributed by atoms with van der Waals surface area (Å²) in [5.41, 5.74) is 2.21. The molecule has 1 aliphatic rings. The molecule has 1 N–H and O–H groups in total. The largest absolute Gasteiger partial charge is 0.462 e. The van der Waals surface area contributed by atoms with Crippen molar-refractivity contribution in [3.05, 3.63) is 64.7 Å². The Kier molecular flexibility index (Phi) is 6.93. The van der Waals surface area contributed by atoms with Crippen molar-refractivity contribution in [3.8, 4) is 0 Å². The van der Waals surface area contributed by atoms with Crippen molar-refractivity contribution < 1.29 is 14.3 Å². The highest BCUT2D eigenvalue weighted by Gasteiger charge is 2.27. The molecule has 3 rings (SSSR count). The number of likely N-dealkylation sites (tertiary alicyclic amines) is 1. The van der Waals surface area contributed by atoms with Gasteiger partial charge in [-0.3, -0.25) is 0 Å². The van der Waals surface area contributed by atoms with Gasteiger partial charge in [0.2, 0.25) is 0 Å². The first kappa shape index (κ1) is 20.2. The third-order valence-corrected chi connectivity index (χ3v) is 5.17. The lowest BCUT2D eigenvalue weighted by Gasteiger charge is -2.30. The molecular formula is C22H25ClN2O3. The number of halogens is 1. The third-order valence-electron chi connectivity index (χ3n) is 4.92. The monoisotopic (exact) mass is 400 g/mol. The number of anilines is 1. The van der Waals surface area contributed by atoms with E-state index in [0.717, 1.165) is 31.2 Å². The fourth-order valence-electron chi connectivity index (χ4n) is 3.48. The summed E-state index contributed by atoms with van der Waals surface area (Å²) in [7, 11) is 0. The van der Waals surface area contributed by atoms with Gasteiger partial charge in [0, 0.05) is 17.3 Å². The lowest BCUT2D eigenvalue weighted by atomic mass is 10.0. The maximum atomic E-state index is 13.0. The van der Waals surface area contributed by atoms with Gasteiger partial charge in [-0.1, -0.05) is 36.6 Å². The molecule has 0 bridgehead atoms. The quantitative estimate of drug-likeness (QED) is 0.673. The zero-order valence-corrected chi connectivity index (χ0v) is 16.7. The van der Waals surface area contributed by atoms with E-state index in [4.69, 9.17) is 16.3 Å². The summed E-state index contributed by atoms with van der Waals surface area (Å²) in [5, 5.41) is 3.65. The molecule has 0 aromatic heterocycles. The number of hydrogen-bond donors (Lipinski definition) is 1. The van der Waals surface area contributed by atoms with Crippen LogP contribution in [0.3, 0.4) is 0 Å². The van der Waals surface area contributed by atoms with Gasteiger partial charge in [0.1, 0.15) is 0 Å². The van der Waals surface area contributed by atoms with Crippen molar-refractivity contribution in [1.82, 2.24) is 4.90 Å². The fraction of sp³-hybridized carbons (Fsp3) is 0.364. The number of carbonyl (C=O) groups is 2. The van der Waals surface area contributed by atoms with Crippen LogP contribution in [0, 0.1) is 0 Å². The molecule has 0 radical (unpaired) electrons. The SMILES string of the molecule is CCOC(=O)c1ccc(NC(=O)N2CCCCCC2c2ccc(Cl)cc2)cc1. The molecule has 2 aromatic carbocycles. The van der Waals surface area contributed by atoms with E-state index >= 15 is 0 Å². The molecule has 1 unspecified atom stereocenters. The summed E-state index contributed by atoms with van der Waals surface area (Å²) in [6.07, 6.45) is 4.11. The highest BCUT2D eigenvalue weighted by atomic mass is 35.5.